The monoisotopic (exact) mass is 356 g/mol. The zero-order valence-electron chi connectivity index (χ0n) is 15.2. The predicted molar refractivity (Wildman–Crippen MR) is 98.6 cm³/mol. The second kappa shape index (κ2) is 9.53. The highest BCUT2D eigenvalue weighted by atomic mass is 16.5. The molecule has 2 atom stereocenters. The molecule has 3 amide bonds. The van der Waals surface area contributed by atoms with E-state index in [2.05, 4.69) is 20.9 Å². The third-order valence-electron chi connectivity index (χ3n) is 3.83. The minimum atomic E-state index is -0.527. The SMILES string of the molecule is CNC(=O)NC(=O)[C@@H](C)N[C@H](C)c1cccc(OCc2ccccn2)c1. The molecule has 0 aliphatic heterocycles. The highest BCUT2D eigenvalue weighted by molar-refractivity contribution is 5.96. The molecule has 0 saturated carbocycles. The Labute approximate surface area is 153 Å². The molecule has 7 heteroatoms. The van der Waals surface area contributed by atoms with Gasteiger partial charge in [-0.3, -0.25) is 20.4 Å². The molecule has 0 spiro atoms. The van der Waals surface area contributed by atoms with Crippen molar-refractivity contribution in [1.82, 2.24) is 20.9 Å². The number of aromatic nitrogens is 1. The van der Waals surface area contributed by atoms with Crippen LogP contribution in [0.25, 0.3) is 0 Å². The molecule has 0 radical (unpaired) electrons. The molecule has 1 aromatic heterocycles. The quantitative estimate of drug-likeness (QED) is 0.707. The minimum Gasteiger partial charge on any atom is -0.487 e. The first kappa shape index (κ1) is 19.4. The topological polar surface area (TPSA) is 92.4 Å². The number of ether oxygens (including phenoxy) is 1. The number of hydrogen-bond acceptors (Lipinski definition) is 5. The van der Waals surface area contributed by atoms with Crippen molar-refractivity contribution in [3.8, 4) is 5.75 Å². The maximum absolute atomic E-state index is 11.9. The van der Waals surface area contributed by atoms with Crippen LogP contribution in [0.4, 0.5) is 4.79 Å². The lowest BCUT2D eigenvalue weighted by Crippen LogP contribution is -2.47. The van der Waals surface area contributed by atoms with Crippen molar-refractivity contribution in [2.45, 2.75) is 32.5 Å². The molecule has 0 bridgehead atoms. The Balaban J connectivity index is 1.93. The van der Waals surface area contributed by atoms with Crippen LogP contribution in [0.1, 0.15) is 31.1 Å². The molecule has 138 valence electrons. The summed E-state index contributed by atoms with van der Waals surface area (Å²) < 4.78 is 5.78. The fourth-order valence-electron chi connectivity index (χ4n) is 2.34. The zero-order chi connectivity index (χ0) is 18.9. The van der Waals surface area contributed by atoms with Gasteiger partial charge in [0, 0.05) is 19.3 Å². The summed E-state index contributed by atoms with van der Waals surface area (Å²) in [6.07, 6.45) is 1.73. The van der Waals surface area contributed by atoms with Gasteiger partial charge < -0.3 is 10.1 Å². The molecular weight excluding hydrogens is 332 g/mol. The van der Waals surface area contributed by atoms with Crippen LogP contribution >= 0.6 is 0 Å². The molecule has 0 fully saturated rings. The number of imide groups is 1. The third-order valence-corrected chi connectivity index (χ3v) is 3.83. The van der Waals surface area contributed by atoms with Gasteiger partial charge in [0.1, 0.15) is 12.4 Å². The number of amides is 3. The van der Waals surface area contributed by atoms with E-state index in [-0.39, 0.29) is 6.04 Å². The lowest BCUT2D eigenvalue weighted by atomic mass is 10.1. The van der Waals surface area contributed by atoms with E-state index in [4.69, 9.17) is 4.74 Å². The van der Waals surface area contributed by atoms with Crippen LogP contribution in [0.5, 0.6) is 5.75 Å². The average molecular weight is 356 g/mol. The van der Waals surface area contributed by atoms with Gasteiger partial charge in [0.2, 0.25) is 5.91 Å². The zero-order valence-corrected chi connectivity index (χ0v) is 15.2. The summed E-state index contributed by atoms with van der Waals surface area (Å²) in [5.74, 6) is 0.336. The molecule has 1 heterocycles. The van der Waals surface area contributed by atoms with Gasteiger partial charge in [-0.2, -0.15) is 0 Å². The first-order valence-electron chi connectivity index (χ1n) is 8.41. The maximum Gasteiger partial charge on any atom is 0.321 e. The summed E-state index contributed by atoms with van der Waals surface area (Å²) in [5.41, 5.74) is 1.83. The molecule has 3 N–H and O–H groups in total. The smallest absolute Gasteiger partial charge is 0.321 e. The highest BCUT2D eigenvalue weighted by Crippen LogP contribution is 2.20. The van der Waals surface area contributed by atoms with Crippen LogP contribution in [-0.4, -0.2) is 30.0 Å². The number of nitrogens with zero attached hydrogens (tertiary/aromatic N) is 1. The molecule has 0 saturated heterocycles. The van der Waals surface area contributed by atoms with E-state index in [1.54, 1.807) is 13.1 Å². The fourth-order valence-corrected chi connectivity index (χ4v) is 2.34. The van der Waals surface area contributed by atoms with E-state index in [1.165, 1.54) is 7.05 Å². The van der Waals surface area contributed by atoms with E-state index in [0.29, 0.717) is 6.61 Å². The molecule has 0 unspecified atom stereocenters. The fraction of sp³-hybridized carbons (Fsp3) is 0.316. The maximum atomic E-state index is 11.9. The van der Waals surface area contributed by atoms with Gasteiger partial charge in [0.25, 0.3) is 0 Å². The van der Waals surface area contributed by atoms with Crippen LogP contribution in [0.3, 0.4) is 0 Å². The Bertz CT molecular complexity index is 737. The van der Waals surface area contributed by atoms with E-state index in [1.807, 2.05) is 49.4 Å². The molecule has 26 heavy (non-hydrogen) atoms. The van der Waals surface area contributed by atoms with Crippen molar-refractivity contribution in [3.05, 3.63) is 59.9 Å². The number of benzene rings is 1. The van der Waals surface area contributed by atoms with Crippen LogP contribution in [-0.2, 0) is 11.4 Å². The molecule has 7 nitrogen and oxygen atoms in total. The van der Waals surface area contributed by atoms with Crippen LogP contribution in [0.2, 0.25) is 0 Å². The van der Waals surface area contributed by atoms with Crippen molar-refractivity contribution >= 4 is 11.9 Å². The number of pyridine rings is 1. The number of hydrogen-bond donors (Lipinski definition) is 3. The first-order valence-corrected chi connectivity index (χ1v) is 8.41. The number of carbonyl (C=O) groups excluding carboxylic acids is 2. The number of carbonyl (C=O) groups is 2. The molecule has 2 rings (SSSR count). The van der Waals surface area contributed by atoms with E-state index >= 15 is 0 Å². The Hall–Kier alpha value is -2.93. The van der Waals surface area contributed by atoms with Crippen molar-refractivity contribution in [3.63, 3.8) is 0 Å². The molecule has 0 aliphatic carbocycles. The van der Waals surface area contributed by atoms with Gasteiger partial charge >= 0.3 is 6.03 Å². The lowest BCUT2D eigenvalue weighted by Gasteiger charge is -2.20. The second-order valence-electron chi connectivity index (χ2n) is 5.86. The summed E-state index contributed by atoms with van der Waals surface area (Å²) in [4.78, 5) is 27.4. The van der Waals surface area contributed by atoms with Gasteiger partial charge in [-0.15, -0.1) is 0 Å². The standard InChI is InChI=1S/C19H24N4O3/c1-13(22-14(2)18(24)23-19(25)20-3)15-7-6-9-17(11-15)26-12-16-8-4-5-10-21-16/h4-11,13-14,22H,12H2,1-3H3,(H2,20,23,24,25)/t13-,14-/m1/s1. The molecule has 2 aromatic rings. The Morgan fingerprint density at radius 1 is 1.15 bits per heavy atom. The normalized spacial score (nSPS) is 12.7. The Kier molecular flexibility index (Phi) is 7.11. The van der Waals surface area contributed by atoms with Crippen LogP contribution < -0.4 is 20.7 Å². The lowest BCUT2D eigenvalue weighted by molar-refractivity contribution is -0.121. The van der Waals surface area contributed by atoms with Crippen LogP contribution in [0.15, 0.2) is 48.7 Å². The first-order chi connectivity index (χ1) is 12.5. The van der Waals surface area contributed by atoms with Gasteiger partial charge in [0.05, 0.1) is 11.7 Å². The second-order valence-corrected chi connectivity index (χ2v) is 5.86. The highest BCUT2D eigenvalue weighted by Gasteiger charge is 2.18. The summed E-state index contributed by atoms with van der Waals surface area (Å²) in [5, 5.41) is 7.77. The molecular formula is C19H24N4O3. The third kappa shape index (κ3) is 5.86. The summed E-state index contributed by atoms with van der Waals surface area (Å²) >= 11 is 0. The van der Waals surface area contributed by atoms with Gasteiger partial charge in [-0.1, -0.05) is 18.2 Å². The van der Waals surface area contributed by atoms with E-state index in [0.717, 1.165) is 17.0 Å². The number of rotatable bonds is 7. The number of nitrogens with one attached hydrogen (secondary N) is 3. The summed E-state index contributed by atoms with van der Waals surface area (Å²) in [7, 11) is 1.46. The van der Waals surface area contributed by atoms with E-state index < -0.39 is 18.0 Å². The minimum absolute atomic E-state index is 0.0983. The Morgan fingerprint density at radius 2 is 1.96 bits per heavy atom. The van der Waals surface area contributed by atoms with Crippen molar-refractivity contribution in [2.75, 3.05) is 7.05 Å². The van der Waals surface area contributed by atoms with Gasteiger partial charge in [-0.05, 0) is 43.7 Å². The van der Waals surface area contributed by atoms with Crippen molar-refractivity contribution in [2.24, 2.45) is 0 Å². The number of urea groups is 1. The van der Waals surface area contributed by atoms with Crippen molar-refractivity contribution in [1.29, 1.82) is 0 Å². The van der Waals surface area contributed by atoms with Crippen LogP contribution in [0, 0.1) is 0 Å². The van der Waals surface area contributed by atoms with Gasteiger partial charge in [-0.25, -0.2) is 4.79 Å². The largest absolute Gasteiger partial charge is 0.487 e. The Morgan fingerprint density at radius 3 is 2.65 bits per heavy atom. The summed E-state index contributed by atoms with van der Waals surface area (Å²) in [6, 6.07) is 12.2. The molecule has 1 aromatic carbocycles. The van der Waals surface area contributed by atoms with Gasteiger partial charge in [0.15, 0.2) is 0 Å². The van der Waals surface area contributed by atoms with E-state index in [9.17, 15) is 9.59 Å². The summed E-state index contributed by atoms with van der Waals surface area (Å²) in [6.45, 7) is 4.04. The molecule has 0 aliphatic rings. The average Bonchev–Trinajstić information content (AvgIpc) is 2.67. The van der Waals surface area contributed by atoms with Crippen molar-refractivity contribution < 1.29 is 14.3 Å². The predicted octanol–water partition coefficient (Wildman–Crippen LogP) is 2.16.